The van der Waals surface area contributed by atoms with Crippen molar-refractivity contribution in [3.05, 3.63) is 17.5 Å². The van der Waals surface area contributed by atoms with Crippen molar-refractivity contribution in [2.24, 2.45) is 5.92 Å². The van der Waals surface area contributed by atoms with Gasteiger partial charge in [-0.25, -0.2) is 22.7 Å². The van der Waals surface area contributed by atoms with Gasteiger partial charge in [0.25, 0.3) is 0 Å². The van der Waals surface area contributed by atoms with Crippen molar-refractivity contribution in [2.75, 3.05) is 32.4 Å². The van der Waals surface area contributed by atoms with Crippen LogP contribution >= 0.6 is 0 Å². The fraction of sp³-hybridized carbons (Fsp3) is 0.722. The Balaban J connectivity index is 0.000000383. The number of alkyl halides is 6. The van der Waals surface area contributed by atoms with E-state index in [1.54, 1.807) is 0 Å². The molecule has 0 amide bonds. The summed E-state index contributed by atoms with van der Waals surface area (Å²) in [5.74, 6) is -4.77. The maximum absolute atomic E-state index is 11.2. The Morgan fingerprint density at radius 1 is 1.14 bits per heavy atom. The molecule has 2 aliphatic rings. The first-order valence-electron chi connectivity index (χ1n) is 10.4. The van der Waals surface area contributed by atoms with Crippen LogP contribution in [0.4, 0.5) is 26.3 Å². The summed E-state index contributed by atoms with van der Waals surface area (Å²) in [5, 5.41) is 22.2. The highest BCUT2D eigenvalue weighted by Gasteiger charge is 2.38. The highest BCUT2D eigenvalue weighted by molar-refractivity contribution is 7.88. The number of carbonyl (C=O) groups is 2. The number of fused-ring (bicyclic) bond motifs is 1. The van der Waals surface area contributed by atoms with E-state index in [2.05, 4.69) is 20.0 Å². The van der Waals surface area contributed by atoms with Gasteiger partial charge in [-0.05, 0) is 37.9 Å². The second kappa shape index (κ2) is 13.2. The zero-order valence-corrected chi connectivity index (χ0v) is 19.9. The van der Waals surface area contributed by atoms with Crippen molar-refractivity contribution in [3.8, 4) is 0 Å². The number of carboxylic acids is 2. The van der Waals surface area contributed by atoms with E-state index >= 15 is 0 Å². The fourth-order valence-electron chi connectivity index (χ4n) is 3.27. The third-order valence-electron chi connectivity index (χ3n) is 4.84. The smallest absolute Gasteiger partial charge is 0.475 e. The summed E-state index contributed by atoms with van der Waals surface area (Å²) in [6.45, 7) is 6.49. The van der Waals surface area contributed by atoms with E-state index in [0.717, 1.165) is 50.9 Å². The zero-order chi connectivity index (χ0) is 27.7. The molecule has 4 N–H and O–H groups in total. The summed E-state index contributed by atoms with van der Waals surface area (Å²) >= 11 is 0. The summed E-state index contributed by atoms with van der Waals surface area (Å²) < 4.78 is 90.3. The molecular weight excluding hydrogens is 528 g/mol. The number of halogens is 6. The van der Waals surface area contributed by atoms with Crippen LogP contribution in [0, 0.1) is 5.92 Å². The van der Waals surface area contributed by atoms with Gasteiger partial charge in [0, 0.05) is 19.6 Å². The third kappa shape index (κ3) is 12.5. The number of hydrogen-bond donors (Lipinski definition) is 4. The molecule has 0 spiro atoms. The highest BCUT2D eigenvalue weighted by Crippen LogP contribution is 2.18. The van der Waals surface area contributed by atoms with Crippen LogP contribution in [-0.4, -0.2) is 90.0 Å². The molecule has 3 rings (SSSR count). The van der Waals surface area contributed by atoms with Crippen LogP contribution in [-0.2, 0) is 39.2 Å². The highest BCUT2D eigenvalue weighted by atomic mass is 32.2. The Labute approximate surface area is 202 Å². The molecule has 11 nitrogen and oxygen atoms in total. The predicted octanol–water partition coefficient (Wildman–Crippen LogP) is 1.01. The van der Waals surface area contributed by atoms with Gasteiger partial charge in [-0.15, -0.1) is 0 Å². The second-order valence-electron chi connectivity index (χ2n) is 8.00. The van der Waals surface area contributed by atoms with Crippen LogP contribution in [0.15, 0.2) is 6.07 Å². The Bertz CT molecular complexity index is 952. The van der Waals surface area contributed by atoms with Crippen molar-refractivity contribution in [1.29, 1.82) is 0 Å². The average molecular weight is 555 g/mol. The molecular formula is C18H27F6N5O6S. The average Bonchev–Trinajstić information content (AvgIpc) is 3.14. The first-order valence-corrected chi connectivity index (χ1v) is 12.3. The predicted molar refractivity (Wildman–Crippen MR) is 112 cm³/mol. The van der Waals surface area contributed by atoms with Crippen molar-refractivity contribution in [2.45, 2.75) is 44.8 Å². The molecule has 208 valence electrons. The molecule has 1 fully saturated rings. The van der Waals surface area contributed by atoms with Crippen molar-refractivity contribution >= 4 is 22.0 Å². The number of piperidine rings is 1. The van der Waals surface area contributed by atoms with Crippen LogP contribution in [0.2, 0.25) is 0 Å². The Kier molecular flexibility index (Phi) is 11.6. The first kappa shape index (κ1) is 31.6. The number of aromatic nitrogens is 2. The van der Waals surface area contributed by atoms with Gasteiger partial charge in [0.15, 0.2) is 0 Å². The molecule has 1 aromatic rings. The van der Waals surface area contributed by atoms with Gasteiger partial charge in [-0.3, -0.25) is 9.58 Å². The quantitative estimate of drug-likeness (QED) is 0.390. The van der Waals surface area contributed by atoms with Crippen molar-refractivity contribution < 1.29 is 54.6 Å². The number of aliphatic carboxylic acids is 2. The molecule has 2 aliphatic heterocycles. The Hall–Kier alpha value is -2.44. The summed E-state index contributed by atoms with van der Waals surface area (Å²) in [6.07, 6.45) is -6.41. The lowest BCUT2D eigenvalue weighted by atomic mass is 9.99. The topological polar surface area (TPSA) is 154 Å². The molecule has 0 radical (unpaired) electrons. The molecule has 0 aliphatic carbocycles. The standard InChI is InChI=1S/C14H25N5O2S.2C2HF3O2/c1-22(20,21)16-9-13-7-14-11-18(5-6-19(14)17-13)10-12-3-2-4-15-8-12;2*3-2(4,5)1(6)7/h7,12,15-16H,2-6,8-11H2,1H3;2*(H,6,7). The van der Waals surface area contributed by atoms with E-state index in [4.69, 9.17) is 19.8 Å². The molecule has 1 unspecified atom stereocenters. The van der Waals surface area contributed by atoms with E-state index in [1.807, 2.05) is 10.7 Å². The van der Waals surface area contributed by atoms with Crippen LogP contribution in [0.25, 0.3) is 0 Å². The van der Waals surface area contributed by atoms with Gasteiger partial charge in [0.05, 0.1) is 30.7 Å². The van der Waals surface area contributed by atoms with Crippen LogP contribution in [0.3, 0.4) is 0 Å². The van der Waals surface area contributed by atoms with Crippen molar-refractivity contribution in [3.63, 3.8) is 0 Å². The van der Waals surface area contributed by atoms with Gasteiger partial charge in [-0.2, -0.15) is 31.4 Å². The summed E-state index contributed by atoms with van der Waals surface area (Å²) in [6, 6.07) is 2.02. The maximum atomic E-state index is 11.2. The monoisotopic (exact) mass is 555 g/mol. The molecule has 18 heteroatoms. The Morgan fingerprint density at radius 3 is 2.14 bits per heavy atom. The maximum Gasteiger partial charge on any atom is 0.490 e. The number of carboxylic acid groups (broad SMARTS) is 2. The van der Waals surface area contributed by atoms with E-state index in [9.17, 15) is 34.8 Å². The molecule has 3 heterocycles. The molecule has 36 heavy (non-hydrogen) atoms. The summed E-state index contributed by atoms with van der Waals surface area (Å²) in [4.78, 5) is 20.3. The zero-order valence-electron chi connectivity index (χ0n) is 19.1. The Morgan fingerprint density at radius 2 is 1.69 bits per heavy atom. The van der Waals surface area contributed by atoms with E-state index in [-0.39, 0.29) is 6.54 Å². The van der Waals surface area contributed by atoms with Crippen LogP contribution < -0.4 is 10.0 Å². The number of rotatable bonds is 5. The lowest BCUT2D eigenvalue weighted by Crippen LogP contribution is -2.41. The third-order valence-corrected chi connectivity index (χ3v) is 5.51. The molecule has 0 saturated carbocycles. The summed E-state index contributed by atoms with van der Waals surface area (Å²) in [5.41, 5.74) is 1.97. The lowest BCUT2D eigenvalue weighted by molar-refractivity contribution is -0.193. The molecule has 1 saturated heterocycles. The fourth-order valence-corrected chi connectivity index (χ4v) is 3.68. The van der Waals surface area contributed by atoms with Crippen LogP contribution in [0.1, 0.15) is 24.2 Å². The van der Waals surface area contributed by atoms with Gasteiger partial charge in [-0.1, -0.05) is 0 Å². The number of nitrogens with zero attached hydrogens (tertiary/aromatic N) is 3. The van der Waals surface area contributed by atoms with E-state index in [1.165, 1.54) is 24.8 Å². The SMILES string of the molecule is CS(=O)(=O)NCc1cc2n(n1)CCN(CC1CCCNC1)C2.O=C(O)C(F)(F)F.O=C(O)C(F)(F)F. The molecule has 1 atom stereocenters. The largest absolute Gasteiger partial charge is 0.490 e. The minimum Gasteiger partial charge on any atom is -0.475 e. The van der Waals surface area contributed by atoms with Crippen LogP contribution in [0.5, 0.6) is 0 Å². The van der Waals surface area contributed by atoms with E-state index < -0.39 is 34.3 Å². The van der Waals surface area contributed by atoms with Gasteiger partial charge < -0.3 is 15.5 Å². The lowest BCUT2D eigenvalue weighted by Gasteiger charge is -2.32. The summed E-state index contributed by atoms with van der Waals surface area (Å²) in [7, 11) is -3.17. The number of hydrogen-bond acceptors (Lipinski definition) is 7. The first-order chi connectivity index (χ1) is 16.4. The normalized spacial score (nSPS) is 18.7. The minimum atomic E-state index is -5.08. The number of sulfonamides is 1. The molecule has 0 aromatic carbocycles. The van der Waals surface area contributed by atoms with Crippen molar-refractivity contribution in [1.82, 2.24) is 24.7 Å². The van der Waals surface area contributed by atoms with E-state index in [0.29, 0.717) is 0 Å². The second-order valence-corrected chi connectivity index (χ2v) is 9.83. The molecule has 0 bridgehead atoms. The van der Waals surface area contributed by atoms with Gasteiger partial charge >= 0.3 is 24.3 Å². The number of nitrogens with one attached hydrogen (secondary N) is 2. The minimum absolute atomic E-state index is 0.269. The van der Waals surface area contributed by atoms with Gasteiger partial charge in [0.1, 0.15) is 0 Å². The van der Waals surface area contributed by atoms with Gasteiger partial charge in [0.2, 0.25) is 10.0 Å². The molecule has 1 aromatic heterocycles.